The molecule has 1 saturated carbocycles. The van der Waals surface area contributed by atoms with Crippen molar-refractivity contribution in [3.63, 3.8) is 0 Å². The second-order valence-electron chi connectivity index (χ2n) is 5.54. The summed E-state index contributed by atoms with van der Waals surface area (Å²) in [6, 6.07) is 1.20. The van der Waals surface area contributed by atoms with Crippen molar-refractivity contribution >= 4 is 5.91 Å². The van der Waals surface area contributed by atoms with Crippen molar-refractivity contribution in [2.45, 2.75) is 57.5 Å². The molecule has 1 heterocycles. The van der Waals surface area contributed by atoms with Crippen LogP contribution in [-0.4, -0.2) is 36.5 Å². The molecule has 3 atom stereocenters. The van der Waals surface area contributed by atoms with Gasteiger partial charge in [-0.05, 0) is 25.2 Å². The highest BCUT2D eigenvalue weighted by Crippen LogP contribution is 2.25. The van der Waals surface area contributed by atoms with Gasteiger partial charge in [0.2, 0.25) is 5.91 Å². The van der Waals surface area contributed by atoms with E-state index in [0.29, 0.717) is 18.0 Å². The van der Waals surface area contributed by atoms with E-state index in [0.717, 1.165) is 25.3 Å². The highest BCUT2D eigenvalue weighted by Gasteiger charge is 2.27. The first-order valence-corrected chi connectivity index (χ1v) is 6.67. The van der Waals surface area contributed by atoms with E-state index in [2.05, 4.69) is 12.2 Å². The zero-order chi connectivity index (χ0) is 11.5. The Morgan fingerprint density at radius 3 is 2.69 bits per heavy atom. The number of likely N-dealkylation sites (N-methyl/N-ethyl adjacent to an activating group) is 1. The number of likely N-dealkylation sites (tertiary alicyclic amines) is 1. The number of carbonyl (C=O) groups is 1. The van der Waals surface area contributed by atoms with Gasteiger partial charge in [0.15, 0.2) is 0 Å². The number of nitrogens with one attached hydrogen (secondary N) is 1. The van der Waals surface area contributed by atoms with Crippen LogP contribution in [-0.2, 0) is 4.79 Å². The molecule has 1 aliphatic heterocycles. The fourth-order valence-corrected chi connectivity index (χ4v) is 3.01. The number of nitrogens with zero attached hydrogens (tertiary/aromatic N) is 1. The van der Waals surface area contributed by atoms with E-state index in [1.165, 1.54) is 25.7 Å². The summed E-state index contributed by atoms with van der Waals surface area (Å²) in [7, 11) is 1.92. The summed E-state index contributed by atoms with van der Waals surface area (Å²) in [5, 5.41) is 3.76. The minimum atomic E-state index is 0.301. The summed E-state index contributed by atoms with van der Waals surface area (Å²) in [5.41, 5.74) is 0. The topological polar surface area (TPSA) is 32.3 Å². The Morgan fingerprint density at radius 2 is 2.00 bits per heavy atom. The summed E-state index contributed by atoms with van der Waals surface area (Å²) in [6.07, 6.45) is 7.17. The van der Waals surface area contributed by atoms with Crippen LogP contribution in [0.1, 0.15) is 45.4 Å². The van der Waals surface area contributed by atoms with E-state index < -0.39 is 0 Å². The van der Waals surface area contributed by atoms with E-state index in [-0.39, 0.29) is 0 Å². The molecule has 1 amide bonds. The summed E-state index contributed by atoms with van der Waals surface area (Å²) in [4.78, 5) is 13.3. The van der Waals surface area contributed by atoms with E-state index in [1.54, 1.807) is 0 Å². The number of carbonyl (C=O) groups excluding carboxylic acids is 1. The average Bonchev–Trinajstić information content (AvgIpc) is 2.27. The maximum absolute atomic E-state index is 11.4. The molecule has 0 bridgehead atoms. The van der Waals surface area contributed by atoms with Crippen LogP contribution in [0.2, 0.25) is 0 Å². The van der Waals surface area contributed by atoms with Gasteiger partial charge in [0.25, 0.3) is 0 Å². The fourth-order valence-electron chi connectivity index (χ4n) is 3.01. The minimum absolute atomic E-state index is 0.301. The molecule has 0 aromatic heterocycles. The van der Waals surface area contributed by atoms with Crippen molar-refractivity contribution in [1.82, 2.24) is 10.2 Å². The lowest BCUT2D eigenvalue weighted by Gasteiger charge is -2.37. The Kier molecular flexibility index (Phi) is 3.85. The molecule has 3 nitrogen and oxygen atoms in total. The number of hydrogen-bond donors (Lipinski definition) is 1. The molecule has 0 aromatic rings. The zero-order valence-electron chi connectivity index (χ0n) is 10.5. The summed E-state index contributed by atoms with van der Waals surface area (Å²) in [6.45, 7) is 3.25. The van der Waals surface area contributed by atoms with Gasteiger partial charge in [-0.1, -0.05) is 19.8 Å². The average molecular weight is 224 g/mol. The van der Waals surface area contributed by atoms with Crippen LogP contribution < -0.4 is 5.32 Å². The van der Waals surface area contributed by atoms with Gasteiger partial charge < -0.3 is 10.2 Å². The number of rotatable bonds is 2. The van der Waals surface area contributed by atoms with Gasteiger partial charge in [-0.2, -0.15) is 0 Å². The standard InChI is InChI=1S/C13H24N2O/c1-10-5-3-4-6-12(10)14-11-7-8-13(16)15(2)9-11/h10-12,14H,3-9H2,1-2H3. The molecule has 92 valence electrons. The molecular formula is C13H24N2O. The lowest BCUT2D eigenvalue weighted by Crippen LogP contribution is -2.51. The van der Waals surface area contributed by atoms with Crippen LogP contribution in [0, 0.1) is 5.92 Å². The molecular weight excluding hydrogens is 200 g/mol. The van der Waals surface area contributed by atoms with Crippen molar-refractivity contribution in [3.05, 3.63) is 0 Å². The second-order valence-corrected chi connectivity index (χ2v) is 5.54. The first-order valence-electron chi connectivity index (χ1n) is 6.67. The van der Waals surface area contributed by atoms with Crippen molar-refractivity contribution in [2.75, 3.05) is 13.6 Å². The monoisotopic (exact) mass is 224 g/mol. The van der Waals surface area contributed by atoms with Gasteiger partial charge in [0.05, 0.1) is 0 Å². The third-order valence-electron chi connectivity index (χ3n) is 4.19. The molecule has 0 aromatic carbocycles. The van der Waals surface area contributed by atoms with E-state index in [1.807, 2.05) is 11.9 Å². The Labute approximate surface area is 98.6 Å². The van der Waals surface area contributed by atoms with E-state index in [9.17, 15) is 4.79 Å². The SMILES string of the molecule is CC1CCCCC1NC1CCC(=O)N(C)C1. The molecule has 3 unspecified atom stereocenters. The molecule has 1 saturated heterocycles. The van der Waals surface area contributed by atoms with E-state index in [4.69, 9.17) is 0 Å². The lowest BCUT2D eigenvalue weighted by atomic mass is 9.85. The molecule has 2 rings (SSSR count). The Morgan fingerprint density at radius 1 is 1.25 bits per heavy atom. The molecule has 3 heteroatoms. The summed E-state index contributed by atoms with van der Waals surface area (Å²) in [5.74, 6) is 1.10. The Bertz CT molecular complexity index is 254. The van der Waals surface area contributed by atoms with Crippen molar-refractivity contribution < 1.29 is 4.79 Å². The third-order valence-corrected chi connectivity index (χ3v) is 4.19. The maximum Gasteiger partial charge on any atom is 0.222 e. The summed E-state index contributed by atoms with van der Waals surface area (Å²) >= 11 is 0. The summed E-state index contributed by atoms with van der Waals surface area (Å²) < 4.78 is 0. The van der Waals surface area contributed by atoms with Crippen LogP contribution in [0.5, 0.6) is 0 Å². The highest BCUT2D eigenvalue weighted by atomic mass is 16.2. The normalized spacial score (nSPS) is 36.5. The molecule has 0 spiro atoms. The van der Waals surface area contributed by atoms with Gasteiger partial charge in [-0.15, -0.1) is 0 Å². The smallest absolute Gasteiger partial charge is 0.222 e. The Hall–Kier alpha value is -0.570. The Balaban J connectivity index is 1.82. The molecule has 0 radical (unpaired) electrons. The maximum atomic E-state index is 11.4. The van der Waals surface area contributed by atoms with Crippen LogP contribution in [0.15, 0.2) is 0 Å². The van der Waals surface area contributed by atoms with Gasteiger partial charge >= 0.3 is 0 Å². The second kappa shape index (κ2) is 5.17. The van der Waals surface area contributed by atoms with Crippen molar-refractivity contribution in [1.29, 1.82) is 0 Å². The van der Waals surface area contributed by atoms with Crippen LogP contribution in [0.4, 0.5) is 0 Å². The van der Waals surface area contributed by atoms with E-state index >= 15 is 0 Å². The molecule has 1 aliphatic carbocycles. The fraction of sp³-hybridized carbons (Fsp3) is 0.923. The van der Waals surface area contributed by atoms with Gasteiger partial charge in [-0.25, -0.2) is 0 Å². The predicted octanol–water partition coefficient (Wildman–Crippen LogP) is 1.78. The third kappa shape index (κ3) is 2.76. The first-order chi connectivity index (χ1) is 7.66. The van der Waals surface area contributed by atoms with Gasteiger partial charge in [-0.3, -0.25) is 4.79 Å². The lowest BCUT2D eigenvalue weighted by molar-refractivity contribution is -0.132. The quantitative estimate of drug-likeness (QED) is 0.775. The van der Waals surface area contributed by atoms with Crippen molar-refractivity contribution in [2.24, 2.45) is 5.92 Å². The van der Waals surface area contributed by atoms with Crippen LogP contribution in [0.25, 0.3) is 0 Å². The molecule has 2 aliphatic rings. The number of hydrogen-bond acceptors (Lipinski definition) is 2. The zero-order valence-corrected chi connectivity index (χ0v) is 10.5. The molecule has 16 heavy (non-hydrogen) atoms. The van der Waals surface area contributed by atoms with Gasteiger partial charge in [0, 0.05) is 32.1 Å². The molecule has 1 N–H and O–H groups in total. The predicted molar refractivity (Wildman–Crippen MR) is 65.2 cm³/mol. The number of amides is 1. The van der Waals surface area contributed by atoms with Crippen molar-refractivity contribution in [3.8, 4) is 0 Å². The minimum Gasteiger partial charge on any atom is -0.344 e. The first kappa shape index (κ1) is 11.9. The largest absolute Gasteiger partial charge is 0.344 e. The highest BCUT2D eigenvalue weighted by molar-refractivity contribution is 5.76. The number of piperidine rings is 1. The van der Waals surface area contributed by atoms with Crippen LogP contribution in [0.3, 0.4) is 0 Å². The van der Waals surface area contributed by atoms with Gasteiger partial charge in [0.1, 0.15) is 0 Å². The van der Waals surface area contributed by atoms with Crippen LogP contribution >= 0.6 is 0 Å². The molecule has 2 fully saturated rings.